The molecule has 0 amide bonds. The molecule has 0 aliphatic heterocycles. The first kappa shape index (κ1) is 12.2. The first-order chi connectivity index (χ1) is 8.18. The molecule has 0 saturated heterocycles. The molecule has 1 aromatic rings. The molecule has 1 saturated carbocycles. The smallest absolute Gasteiger partial charge is 0.288 e. The minimum absolute atomic E-state index is 0.142. The molecule has 1 aliphatic rings. The zero-order valence-corrected chi connectivity index (χ0v) is 9.66. The van der Waals surface area contributed by atoms with Gasteiger partial charge in [0.2, 0.25) is 5.78 Å². The second kappa shape index (κ2) is 5.39. The van der Waals surface area contributed by atoms with Gasteiger partial charge in [0.25, 0.3) is 0 Å². The average Bonchev–Trinajstić information content (AvgIpc) is 2.39. The van der Waals surface area contributed by atoms with Crippen LogP contribution >= 0.6 is 0 Å². The van der Waals surface area contributed by atoms with Gasteiger partial charge in [-0.2, -0.15) is 0 Å². The molecule has 1 aliphatic carbocycles. The Kier molecular flexibility index (Phi) is 3.87. The third-order valence-electron chi connectivity index (χ3n) is 3.45. The number of ketones is 1. The lowest BCUT2D eigenvalue weighted by molar-refractivity contribution is 0.0678. The van der Waals surface area contributed by atoms with Crippen molar-refractivity contribution in [1.82, 2.24) is 0 Å². The summed E-state index contributed by atoms with van der Waals surface area (Å²) < 4.78 is 24.7. The first-order valence-corrected chi connectivity index (χ1v) is 6.11. The maximum Gasteiger partial charge on any atom is 0.300 e. The molecule has 0 unspecified atom stereocenters. The maximum atomic E-state index is 12.3. The lowest BCUT2D eigenvalue weighted by atomic mass is 9.83. The molecule has 0 N–H and O–H groups in total. The van der Waals surface area contributed by atoms with Crippen molar-refractivity contribution in [2.45, 2.75) is 44.4 Å². The van der Waals surface area contributed by atoms with Gasteiger partial charge < -0.3 is 0 Å². The fourth-order valence-electron chi connectivity index (χ4n) is 2.51. The SMILES string of the molecule is O=C(c1cccc(C2CCCCC2)c1)C(F)F. The van der Waals surface area contributed by atoms with Crippen LogP contribution in [0.15, 0.2) is 24.3 Å². The minimum atomic E-state index is -2.91. The number of halogens is 2. The van der Waals surface area contributed by atoms with Crippen LogP contribution in [-0.4, -0.2) is 12.2 Å². The van der Waals surface area contributed by atoms with Gasteiger partial charge in [-0.15, -0.1) is 0 Å². The number of hydrogen-bond donors (Lipinski definition) is 0. The second-order valence-corrected chi connectivity index (χ2v) is 4.63. The molecule has 0 heterocycles. The van der Waals surface area contributed by atoms with Crippen LogP contribution in [0.1, 0.15) is 53.9 Å². The lowest BCUT2D eigenvalue weighted by Gasteiger charge is -2.22. The molecular formula is C14H16F2O. The van der Waals surface area contributed by atoms with Gasteiger partial charge in [-0.25, -0.2) is 8.78 Å². The topological polar surface area (TPSA) is 17.1 Å². The fraction of sp³-hybridized carbons (Fsp3) is 0.500. The van der Waals surface area contributed by atoms with Crippen LogP contribution in [-0.2, 0) is 0 Å². The lowest BCUT2D eigenvalue weighted by Crippen LogP contribution is -2.11. The maximum absolute atomic E-state index is 12.3. The Balaban J connectivity index is 2.18. The van der Waals surface area contributed by atoms with Crippen LogP contribution in [0.5, 0.6) is 0 Å². The molecule has 0 spiro atoms. The monoisotopic (exact) mass is 238 g/mol. The third kappa shape index (κ3) is 2.90. The van der Waals surface area contributed by atoms with Crippen LogP contribution in [0.2, 0.25) is 0 Å². The standard InChI is InChI=1S/C14H16F2O/c15-14(16)13(17)12-8-4-7-11(9-12)10-5-2-1-3-6-10/h4,7-10,14H,1-3,5-6H2. The minimum Gasteiger partial charge on any atom is -0.288 e. The number of carbonyl (C=O) groups excluding carboxylic acids is 1. The summed E-state index contributed by atoms with van der Waals surface area (Å²) >= 11 is 0. The van der Waals surface area contributed by atoms with E-state index in [-0.39, 0.29) is 5.56 Å². The van der Waals surface area contributed by atoms with Crippen molar-refractivity contribution in [2.75, 3.05) is 0 Å². The van der Waals surface area contributed by atoms with Gasteiger partial charge in [0.15, 0.2) is 0 Å². The number of carbonyl (C=O) groups is 1. The Morgan fingerprint density at radius 3 is 2.53 bits per heavy atom. The number of alkyl halides is 2. The van der Waals surface area contributed by atoms with E-state index in [0.717, 1.165) is 18.4 Å². The quantitative estimate of drug-likeness (QED) is 0.722. The van der Waals surface area contributed by atoms with Gasteiger partial charge in [0.05, 0.1) is 0 Å². The first-order valence-electron chi connectivity index (χ1n) is 6.11. The highest BCUT2D eigenvalue weighted by Gasteiger charge is 2.20. The van der Waals surface area contributed by atoms with E-state index in [4.69, 9.17) is 0 Å². The van der Waals surface area contributed by atoms with Crippen molar-refractivity contribution in [1.29, 1.82) is 0 Å². The highest BCUT2D eigenvalue weighted by Crippen LogP contribution is 2.32. The number of rotatable bonds is 3. The summed E-state index contributed by atoms with van der Waals surface area (Å²) in [6, 6.07) is 6.77. The summed E-state index contributed by atoms with van der Waals surface area (Å²) in [4.78, 5) is 11.2. The zero-order valence-electron chi connectivity index (χ0n) is 9.66. The van der Waals surface area contributed by atoms with Crippen molar-refractivity contribution in [3.8, 4) is 0 Å². The van der Waals surface area contributed by atoms with Gasteiger partial charge in [-0.3, -0.25) is 4.79 Å². The van der Waals surface area contributed by atoms with Crippen LogP contribution in [0.25, 0.3) is 0 Å². The van der Waals surface area contributed by atoms with Crippen LogP contribution < -0.4 is 0 Å². The molecule has 2 rings (SSSR count). The summed E-state index contributed by atoms with van der Waals surface area (Å²) in [5.74, 6) is -0.628. The normalized spacial score (nSPS) is 17.4. The average molecular weight is 238 g/mol. The van der Waals surface area contributed by atoms with E-state index in [2.05, 4.69) is 0 Å². The van der Waals surface area contributed by atoms with Gasteiger partial charge in [-0.1, -0.05) is 37.5 Å². The highest BCUT2D eigenvalue weighted by molar-refractivity contribution is 5.98. The molecule has 3 heteroatoms. The van der Waals surface area contributed by atoms with Crippen molar-refractivity contribution in [2.24, 2.45) is 0 Å². The Morgan fingerprint density at radius 1 is 1.18 bits per heavy atom. The molecule has 0 atom stereocenters. The Morgan fingerprint density at radius 2 is 1.88 bits per heavy atom. The van der Waals surface area contributed by atoms with E-state index >= 15 is 0 Å². The van der Waals surface area contributed by atoms with Crippen LogP contribution in [0, 0.1) is 0 Å². The van der Waals surface area contributed by atoms with Crippen molar-refractivity contribution >= 4 is 5.78 Å². The second-order valence-electron chi connectivity index (χ2n) is 4.63. The summed E-state index contributed by atoms with van der Waals surface area (Å²) in [5.41, 5.74) is 1.18. The van der Waals surface area contributed by atoms with E-state index < -0.39 is 12.2 Å². The van der Waals surface area contributed by atoms with Gasteiger partial charge >= 0.3 is 6.43 Å². The third-order valence-corrected chi connectivity index (χ3v) is 3.45. The molecule has 1 nitrogen and oxygen atoms in total. The van der Waals surface area contributed by atoms with Crippen LogP contribution in [0.3, 0.4) is 0 Å². The Hall–Kier alpha value is -1.25. The Labute approximate surface area is 99.8 Å². The Bertz CT molecular complexity index is 395. The van der Waals surface area contributed by atoms with E-state index in [9.17, 15) is 13.6 Å². The summed E-state index contributed by atoms with van der Waals surface area (Å²) in [5, 5.41) is 0. The predicted molar refractivity (Wildman–Crippen MR) is 62.6 cm³/mol. The molecule has 17 heavy (non-hydrogen) atoms. The molecule has 1 fully saturated rings. The van der Waals surface area contributed by atoms with Gasteiger partial charge in [0, 0.05) is 5.56 Å². The van der Waals surface area contributed by atoms with E-state index in [1.54, 1.807) is 12.1 Å². The predicted octanol–water partition coefficient (Wildman–Crippen LogP) is 4.18. The fourth-order valence-corrected chi connectivity index (χ4v) is 2.51. The van der Waals surface area contributed by atoms with Crippen LogP contribution in [0.4, 0.5) is 8.78 Å². The van der Waals surface area contributed by atoms with Crippen molar-refractivity contribution < 1.29 is 13.6 Å². The number of hydrogen-bond acceptors (Lipinski definition) is 1. The summed E-state index contributed by atoms with van der Waals surface area (Å²) in [7, 11) is 0. The molecule has 0 radical (unpaired) electrons. The van der Waals surface area contributed by atoms with Crippen molar-refractivity contribution in [3.63, 3.8) is 0 Å². The largest absolute Gasteiger partial charge is 0.300 e. The molecule has 0 bridgehead atoms. The van der Waals surface area contributed by atoms with E-state index in [1.807, 2.05) is 6.07 Å². The molecule has 1 aromatic carbocycles. The summed E-state index contributed by atoms with van der Waals surface area (Å²) in [6.07, 6.45) is 2.94. The molecular weight excluding hydrogens is 222 g/mol. The highest BCUT2D eigenvalue weighted by atomic mass is 19.3. The zero-order chi connectivity index (χ0) is 12.3. The van der Waals surface area contributed by atoms with Gasteiger partial charge in [-0.05, 0) is 30.4 Å². The van der Waals surface area contributed by atoms with Crippen molar-refractivity contribution in [3.05, 3.63) is 35.4 Å². The van der Waals surface area contributed by atoms with E-state index in [0.29, 0.717) is 5.92 Å². The van der Waals surface area contributed by atoms with Gasteiger partial charge in [0.1, 0.15) is 0 Å². The van der Waals surface area contributed by atoms with E-state index in [1.165, 1.54) is 25.3 Å². The number of benzene rings is 1. The summed E-state index contributed by atoms with van der Waals surface area (Å²) in [6.45, 7) is 0. The molecule has 92 valence electrons. The molecule has 0 aromatic heterocycles. The number of Topliss-reactive ketones (excluding diaryl/α,β-unsaturated/α-hetero) is 1.